The molecule has 1 saturated heterocycles. The second-order valence-electron chi connectivity index (χ2n) is 21.7. The van der Waals surface area contributed by atoms with Crippen LogP contribution >= 0.6 is 0 Å². The lowest BCUT2D eigenvalue weighted by atomic mass is 9.90. The number of carbonyl (C=O) groups excluding carboxylic acids is 11. The minimum absolute atomic E-state index is 0.00793. The van der Waals surface area contributed by atoms with Gasteiger partial charge in [-0.3, -0.25) is 52.7 Å². The summed E-state index contributed by atoms with van der Waals surface area (Å²) in [5.41, 5.74) is 30.4. The van der Waals surface area contributed by atoms with Gasteiger partial charge in [-0.2, -0.15) is 0 Å². The number of nitrogens with two attached hydrogens (primary N) is 5. The average Bonchev–Trinajstić information content (AvgIpc) is 3.42. The third-order valence-electron chi connectivity index (χ3n) is 14.3. The summed E-state index contributed by atoms with van der Waals surface area (Å²) < 4.78 is 0. The van der Waals surface area contributed by atoms with E-state index in [1.807, 2.05) is 0 Å². The molecule has 25 nitrogen and oxygen atoms in total. The molecule has 0 aliphatic carbocycles. The van der Waals surface area contributed by atoms with Crippen molar-refractivity contribution < 1.29 is 63.0 Å². The summed E-state index contributed by atoms with van der Waals surface area (Å²) in [6.45, 7) is 6.33. The van der Waals surface area contributed by atoms with Crippen LogP contribution in [0.15, 0.2) is 30.3 Å². The van der Waals surface area contributed by atoms with Gasteiger partial charge in [0.05, 0.1) is 30.2 Å². The number of Topliss-reactive ketones (excluding diaryl/α,β-unsaturated/α-hetero) is 4. The third kappa shape index (κ3) is 25.3. The normalized spacial score (nSPS) is 23.3. The maximum atomic E-state index is 14.4. The van der Waals surface area contributed by atoms with E-state index >= 15 is 0 Å². The number of rotatable bonds is 28. The summed E-state index contributed by atoms with van der Waals surface area (Å²) in [6, 6.07) is -0.169. The number of nitrogens with one attached hydrogen (secondary N) is 7. The van der Waals surface area contributed by atoms with Gasteiger partial charge < -0.3 is 76.1 Å². The van der Waals surface area contributed by atoms with E-state index in [9.17, 15) is 63.0 Å². The lowest BCUT2D eigenvalue weighted by Gasteiger charge is -2.27. The van der Waals surface area contributed by atoms with Crippen LogP contribution in [0.4, 0.5) is 0 Å². The number of aliphatic hydroxyl groups excluding tert-OH is 2. The molecule has 12 atom stereocenters. The summed E-state index contributed by atoms with van der Waals surface area (Å²) in [4.78, 5) is 153. The number of carbonyl (C=O) groups is 11. The highest BCUT2D eigenvalue weighted by Crippen LogP contribution is 2.20. The zero-order valence-corrected chi connectivity index (χ0v) is 48.0. The van der Waals surface area contributed by atoms with E-state index in [2.05, 4.69) is 44.1 Å². The van der Waals surface area contributed by atoms with Gasteiger partial charge in [0.1, 0.15) is 30.0 Å². The van der Waals surface area contributed by atoms with Crippen LogP contribution in [-0.2, 0) is 59.2 Å². The van der Waals surface area contributed by atoms with Crippen LogP contribution in [0.5, 0.6) is 0 Å². The summed E-state index contributed by atoms with van der Waals surface area (Å²) >= 11 is 0. The number of benzene rings is 1. The van der Waals surface area contributed by atoms with Gasteiger partial charge in [0.15, 0.2) is 17.3 Å². The molecule has 81 heavy (non-hydrogen) atoms. The molecule has 1 aliphatic rings. The Morgan fingerprint density at radius 2 is 1.20 bits per heavy atom. The predicted octanol–water partition coefficient (Wildman–Crippen LogP) is -2.30. The molecule has 1 aromatic rings. The van der Waals surface area contributed by atoms with Crippen molar-refractivity contribution >= 4 is 64.5 Å². The van der Waals surface area contributed by atoms with Crippen molar-refractivity contribution in [1.82, 2.24) is 37.2 Å². The Morgan fingerprint density at radius 3 is 1.74 bits per heavy atom. The zero-order valence-electron chi connectivity index (χ0n) is 48.0. The van der Waals surface area contributed by atoms with Crippen LogP contribution in [0.1, 0.15) is 130 Å². The van der Waals surface area contributed by atoms with Crippen LogP contribution < -0.4 is 65.9 Å². The Labute approximate surface area is 476 Å². The molecule has 0 unspecified atom stereocenters. The first-order valence-electron chi connectivity index (χ1n) is 28.5. The number of ketones is 4. The molecule has 0 bridgehead atoms. The molecule has 0 aromatic heterocycles. The SMILES string of the molecule is CCCCCCCC(=O)C[C@@H](CCN)C(=O)N[C@H](C(=O)C[C@@H](CCN)C(=O)N[C@H]1CCNC(=O)[C@H]([C@@H](C)O)NC(=O)[C@H](CN)CC(=O)[C@H](CN)NC(=O)[C@H](CC(C)C)NC(=O)[C@@H](Cc2ccccc2)CC(=O)[C@H](CN)NC1=O)[C@@H](C)O. The van der Waals surface area contributed by atoms with E-state index in [1.165, 1.54) is 13.8 Å². The minimum atomic E-state index is -1.65. The van der Waals surface area contributed by atoms with Crippen molar-refractivity contribution in [2.24, 2.45) is 58.3 Å². The molecule has 1 aliphatic heterocycles. The lowest BCUT2D eigenvalue weighted by Crippen LogP contribution is -2.57. The van der Waals surface area contributed by atoms with Gasteiger partial charge in [-0.15, -0.1) is 0 Å². The maximum Gasteiger partial charge on any atom is 0.245 e. The first-order chi connectivity index (χ1) is 38.4. The van der Waals surface area contributed by atoms with Crippen LogP contribution in [0.2, 0.25) is 0 Å². The summed E-state index contributed by atoms with van der Waals surface area (Å²) in [7, 11) is 0. The van der Waals surface area contributed by atoms with Crippen LogP contribution in [0, 0.1) is 29.6 Å². The summed E-state index contributed by atoms with van der Waals surface area (Å²) in [5, 5.41) is 39.4. The van der Waals surface area contributed by atoms with Crippen molar-refractivity contribution in [3.05, 3.63) is 35.9 Å². The lowest BCUT2D eigenvalue weighted by molar-refractivity contribution is -0.137. The largest absolute Gasteiger partial charge is 0.391 e. The molecule has 0 spiro atoms. The monoisotopic (exact) mass is 1140 g/mol. The molecular formula is C56H94N12O13. The molecule has 19 N–H and O–H groups in total. The van der Waals surface area contributed by atoms with Gasteiger partial charge in [0.25, 0.3) is 0 Å². The molecular weight excluding hydrogens is 1050 g/mol. The van der Waals surface area contributed by atoms with Gasteiger partial charge in [-0.25, -0.2) is 0 Å². The topological polar surface area (TPSA) is 443 Å². The molecule has 0 radical (unpaired) electrons. The predicted molar refractivity (Wildman–Crippen MR) is 303 cm³/mol. The smallest absolute Gasteiger partial charge is 0.245 e. The number of hydrogen-bond donors (Lipinski definition) is 14. The fraction of sp³-hybridized carbons (Fsp3) is 0.696. The maximum absolute atomic E-state index is 14.4. The van der Waals surface area contributed by atoms with Crippen molar-refractivity contribution in [2.45, 2.75) is 179 Å². The fourth-order valence-corrected chi connectivity index (χ4v) is 9.44. The van der Waals surface area contributed by atoms with E-state index in [4.69, 9.17) is 28.7 Å². The van der Waals surface area contributed by atoms with E-state index < -0.39 is 183 Å². The molecule has 0 saturated carbocycles. The van der Waals surface area contributed by atoms with E-state index in [0.717, 1.165) is 25.7 Å². The summed E-state index contributed by atoms with van der Waals surface area (Å²) in [6.07, 6.45) is -0.294. The second kappa shape index (κ2) is 37.8. The van der Waals surface area contributed by atoms with Gasteiger partial charge in [-0.05, 0) is 76.9 Å². The van der Waals surface area contributed by atoms with Crippen molar-refractivity contribution in [3.8, 4) is 0 Å². The second-order valence-corrected chi connectivity index (χ2v) is 21.7. The number of amides is 7. The van der Waals surface area contributed by atoms with Crippen LogP contribution in [-0.4, -0.2) is 162 Å². The van der Waals surface area contributed by atoms with Crippen LogP contribution in [0.25, 0.3) is 0 Å². The number of unbranched alkanes of at least 4 members (excludes halogenated alkanes) is 4. The summed E-state index contributed by atoms with van der Waals surface area (Å²) in [5.74, 6) is -13.1. The third-order valence-corrected chi connectivity index (χ3v) is 14.3. The van der Waals surface area contributed by atoms with Crippen molar-refractivity contribution in [2.75, 3.05) is 39.3 Å². The van der Waals surface area contributed by atoms with Crippen molar-refractivity contribution in [3.63, 3.8) is 0 Å². The molecule has 1 aromatic carbocycles. The van der Waals surface area contributed by atoms with Gasteiger partial charge in [0.2, 0.25) is 41.4 Å². The average molecular weight is 1140 g/mol. The molecule has 1 heterocycles. The highest BCUT2D eigenvalue weighted by atomic mass is 16.3. The molecule has 1 fully saturated rings. The van der Waals surface area contributed by atoms with E-state index in [0.29, 0.717) is 12.0 Å². The van der Waals surface area contributed by atoms with E-state index in [1.54, 1.807) is 44.2 Å². The standard InChI is InChI=1S/C56H94N12O13/c1-6-7-8-9-13-16-40(71)25-36(17-20-57)51(76)67-48(33(4)69)47(74)26-37(18-21-58)50(75)63-41-19-22-62-56(81)49(34(5)70)68-53(78)39(29-59)28-46(73)44(31-61)66-55(80)42(23-32(2)3)64-52(77)38(24-35-14-11-10-12-15-35)27-45(72)43(30-60)65-54(41)79/h10-12,14-15,32-34,36-39,41-44,48-49,69-70H,6-9,13,16-31,57-61H2,1-5H3,(H,62,81)(H,63,75)(H,64,77)(H,65,79)(H,66,80)(H,67,76)(H,68,78)/t33-,34-,36-,37-,38+,39+,41+,42+,43+,44+,48+,49+/m1/s1. The molecule has 25 heteroatoms. The molecule has 7 amide bonds. The Balaban J connectivity index is 2.62. The highest BCUT2D eigenvalue weighted by molar-refractivity contribution is 5.99. The molecule has 456 valence electrons. The Kier molecular flexibility index (Phi) is 33.2. The Morgan fingerprint density at radius 1 is 0.642 bits per heavy atom. The Bertz CT molecular complexity index is 2220. The Hall–Kier alpha value is -6.09. The fourth-order valence-electron chi connectivity index (χ4n) is 9.44. The van der Waals surface area contributed by atoms with Gasteiger partial charge in [0, 0.05) is 76.0 Å². The van der Waals surface area contributed by atoms with Crippen molar-refractivity contribution in [1.29, 1.82) is 0 Å². The van der Waals surface area contributed by atoms with Gasteiger partial charge in [-0.1, -0.05) is 76.8 Å². The number of hydrogen-bond acceptors (Lipinski definition) is 18. The first kappa shape index (κ1) is 71.0. The highest BCUT2D eigenvalue weighted by Gasteiger charge is 2.37. The van der Waals surface area contributed by atoms with E-state index in [-0.39, 0.29) is 63.3 Å². The minimum Gasteiger partial charge on any atom is -0.391 e. The molecule has 2 rings (SSSR count). The van der Waals surface area contributed by atoms with Gasteiger partial charge >= 0.3 is 0 Å². The first-order valence-corrected chi connectivity index (χ1v) is 28.5. The zero-order chi connectivity index (χ0) is 60.8. The number of aliphatic hydroxyl groups is 2. The quantitative estimate of drug-likeness (QED) is 0.0393. The van der Waals surface area contributed by atoms with Crippen LogP contribution in [0.3, 0.4) is 0 Å².